The lowest BCUT2D eigenvalue weighted by Gasteiger charge is -2.33. The third kappa shape index (κ3) is 5.67. The van der Waals surface area contributed by atoms with E-state index in [9.17, 15) is 35.9 Å². The maximum Gasteiger partial charge on any atom is 0.408 e. The van der Waals surface area contributed by atoms with Crippen LogP contribution in [0.5, 0.6) is 0 Å². The largest absolute Gasteiger partial charge is 0.408 e. The van der Waals surface area contributed by atoms with Crippen LogP contribution in [0.25, 0.3) is 0 Å². The van der Waals surface area contributed by atoms with Gasteiger partial charge in [-0.1, -0.05) is 23.2 Å². The van der Waals surface area contributed by atoms with Crippen LogP contribution in [0, 0.1) is 6.92 Å². The molecule has 2 saturated heterocycles. The van der Waals surface area contributed by atoms with Crippen LogP contribution in [0.2, 0.25) is 10.0 Å². The molecule has 2 aliphatic heterocycles. The van der Waals surface area contributed by atoms with Gasteiger partial charge in [0.05, 0.1) is 0 Å². The summed E-state index contributed by atoms with van der Waals surface area (Å²) in [5.74, 6) is -1.77. The third-order valence-corrected chi connectivity index (χ3v) is 7.05. The van der Waals surface area contributed by atoms with Gasteiger partial charge >= 0.3 is 12.4 Å². The Kier molecular flexibility index (Phi) is 7.54. The summed E-state index contributed by atoms with van der Waals surface area (Å²) in [4.78, 5) is 31.1. The molecule has 2 atom stereocenters. The first-order valence-electron chi connectivity index (χ1n) is 11.3. The molecule has 1 N–H and O–H groups in total. The van der Waals surface area contributed by atoms with E-state index in [1.165, 1.54) is 36.4 Å². The standard InChI is InChI=1S/C24H21Cl2F6N3O3/c1-13-6-17(2-3-18(13)20(36)33-19-10-38-35(21(19)37)12-23(27,28)29)34-5-4-22(11-34,24(30,31)32)14-7-15(25)9-16(26)8-14/h2-3,6-9,19H,4-5,10-12H2,1H3,(H,33,36)/t19-,22?/m1/s1. The van der Waals surface area contributed by atoms with Crippen molar-refractivity contribution >= 4 is 40.7 Å². The van der Waals surface area contributed by atoms with Crippen LogP contribution in [0.3, 0.4) is 0 Å². The Morgan fingerprint density at radius 2 is 1.76 bits per heavy atom. The van der Waals surface area contributed by atoms with Crippen LogP contribution in [0.15, 0.2) is 36.4 Å². The highest BCUT2D eigenvalue weighted by Crippen LogP contribution is 2.49. The summed E-state index contributed by atoms with van der Waals surface area (Å²) in [6, 6.07) is 6.96. The smallest absolute Gasteiger partial charge is 0.370 e. The van der Waals surface area contributed by atoms with E-state index in [1.807, 2.05) is 0 Å². The number of nitrogens with one attached hydrogen (secondary N) is 1. The summed E-state index contributed by atoms with van der Waals surface area (Å²) < 4.78 is 80.8. The van der Waals surface area contributed by atoms with Gasteiger partial charge < -0.3 is 10.2 Å². The minimum absolute atomic E-state index is 0.0410. The summed E-state index contributed by atoms with van der Waals surface area (Å²) in [5, 5.41) is 2.68. The molecular formula is C24H21Cl2F6N3O3. The van der Waals surface area contributed by atoms with Gasteiger partial charge in [0.25, 0.3) is 11.8 Å². The molecule has 0 radical (unpaired) electrons. The molecule has 206 valence electrons. The summed E-state index contributed by atoms with van der Waals surface area (Å²) in [6.07, 6.45) is -9.51. The summed E-state index contributed by atoms with van der Waals surface area (Å²) >= 11 is 12.0. The molecule has 0 aromatic heterocycles. The van der Waals surface area contributed by atoms with Gasteiger partial charge in [0.15, 0.2) is 0 Å². The van der Waals surface area contributed by atoms with Gasteiger partial charge in [0, 0.05) is 34.4 Å². The summed E-state index contributed by atoms with van der Waals surface area (Å²) in [6.45, 7) is -0.842. The van der Waals surface area contributed by atoms with Gasteiger partial charge in [0.1, 0.15) is 24.6 Å². The van der Waals surface area contributed by atoms with Crippen molar-refractivity contribution in [2.24, 2.45) is 0 Å². The molecule has 0 bridgehead atoms. The first-order valence-corrected chi connectivity index (χ1v) is 12.1. The Morgan fingerprint density at radius 1 is 1.11 bits per heavy atom. The van der Waals surface area contributed by atoms with Crippen molar-refractivity contribution < 1.29 is 40.8 Å². The molecule has 2 aromatic carbocycles. The predicted molar refractivity (Wildman–Crippen MR) is 127 cm³/mol. The second-order valence-electron chi connectivity index (χ2n) is 9.22. The molecule has 0 saturated carbocycles. The highest BCUT2D eigenvalue weighted by molar-refractivity contribution is 6.34. The fourth-order valence-corrected chi connectivity index (χ4v) is 5.22. The number of amides is 2. The summed E-state index contributed by atoms with van der Waals surface area (Å²) in [5.41, 5.74) is -1.31. The molecule has 0 spiro atoms. The maximum atomic E-state index is 14.4. The maximum absolute atomic E-state index is 14.4. The molecular weight excluding hydrogens is 563 g/mol. The number of benzene rings is 2. The van der Waals surface area contributed by atoms with Gasteiger partial charge in [-0.3, -0.25) is 14.4 Å². The van der Waals surface area contributed by atoms with Crippen molar-refractivity contribution in [3.8, 4) is 0 Å². The Balaban J connectivity index is 1.50. The van der Waals surface area contributed by atoms with Crippen molar-refractivity contribution in [2.45, 2.75) is 37.2 Å². The molecule has 38 heavy (non-hydrogen) atoms. The number of alkyl halides is 6. The number of nitrogens with zero attached hydrogens (tertiary/aromatic N) is 2. The first kappa shape index (κ1) is 28.3. The minimum Gasteiger partial charge on any atom is -0.370 e. The highest BCUT2D eigenvalue weighted by Gasteiger charge is 2.59. The van der Waals surface area contributed by atoms with E-state index in [0.29, 0.717) is 11.3 Å². The number of carbonyl (C=O) groups is 2. The van der Waals surface area contributed by atoms with Gasteiger partial charge in [-0.2, -0.15) is 26.3 Å². The monoisotopic (exact) mass is 583 g/mol. The zero-order chi connectivity index (χ0) is 28.0. The number of rotatable bonds is 5. The molecule has 2 amide bonds. The first-order chi connectivity index (χ1) is 17.6. The van der Waals surface area contributed by atoms with E-state index in [0.717, 1.165) is 0 Å². The van der Waals surface area contributed by atoms with Crippen LogP contribution in [-0.4, -0.2) is 61.5 Å². The number of carbonyl (C=O) groups excluding carboxylic acids is 2. The van der Waals surface area contributed by atoms with E-state index in [2.05, 4.69) is 5.32 Å². The Hall–Kier alpha value is -2.70. The van der Waals surface area contributed by atoms with Crippen molar-refractivity contribution in [2.75, 3.05) is 31.1 Å². The van der Waals surface area contributed by atoms with Crippen LogP contribution in [0.1, 0.15) is 27.9 Å². The third-order valence-electron chi connectivity index (χ3n) is 6.62. The van der Waals surface area contributed by atoms with Crippen LogP contribution in [0.4, 0.5) is 32.0 Å². The fraction of sp³-hybridized carbons (Fsp3) is 0.417. The van der Waals surface area contributed by atoms with Gasteiger partial charge in [-0.15, -0.1) is 0 Å². The zero-order valence-electron chi connectivity index (χ0n) is 19.7. The van der Waals surface area contributed by atoms with Gasteiger partial charge in [-0.05, 0) is 60.9 Å². The lowest BCUT2D eigenvalue weighted by atomic mass is 9.79. The molecule has 2 heterocycles. The molecule has 14 heteroatoms. The van der Waals surface area contributed by atoms with E-state index in [4.69, 9.17) is 28.0 Å². The lowest BCUT2D eigenvalue weighted by Crippen LogP contribution is -2.45. The molecule has 4 rings (SSSR count). The molecule has 1 unspecified atom stereocenters. The quantitative estimate of drug-likeness (QED) is 0.476. The molecule has 2 aromatic rings. The second-order valence-corrected chi connectivity index (χ2v) is 10.1. The number of anilines is 1. The molecule has 0 aliphatic carbocycles. The molecule has 2 aliphatic rings. The topological polar surface area (TPSA) is 61.9 Å². The Morgan fingerprint density at radius 3 is 2.34 bits per heavy atom. The number of hydroxylamine groups is 2. The lowest BCUT2D eigenvalue weighted by molar-refractivity contribution is -0.214. The fourth-order valence-electron chi connectivity index (χ4n) is 4.69. The van der Waals surface area contributed by atoms with Crippen molar-refractivity contribution in [1.82, 2.24) is 10.4 Å². The summed E-state index contributed by atoms with van der Waals surface area (Å²) in [7, 11) is 0. The van der Waals surface area contributed by atoms with E-state index in [1.54, 1.807) is 11.8 Å². The number of hydrogen-bond donors (Lipinski definition) is 1. The normalized spacial score (nSPS) is 22.3. The minimum atomic E-state index is -4.67. The number of aryl methyl sites for hydroxylation is 1. The average molecular weight is 584 g/mol. The predicted octanol–water partition coefficient (Wildman–Crippen LogP) is 5.45. The van der Waals surface area contributed by atoms with Crippen molar-refractivity contribution in [3.63, 3.8) is 0 Å². The van der Waals surface area contributed by atoms with Gasteiger partial charge in [-0.25, -0.2) is 5.06 Å². The van der Waals surface area contributed by atoms with Gasteiger partial charge in [0.2, 0.25) is 0 Å². The zero-order valence-corrected chi connectivity index (χ0v) is 21.2. The van der Waals surface area contributed by atoms with Crippen molar-refractivity contribution in [1.29, 1.82) is 0 Å². The number of halogens is 8. The molecule has 2 fully saturated rings. The van der Waals surface area contributed by atoms with Crippen LogP contribution < -0.4 is 10.2 Å². The van der Waals surface area contributed by atoms with Crippen LogP contribution in [-0.2, 0) is 15.0 Å². The second kappa shape index (κ2) is 10.1. The Labute approximate surface area is 223 Å². The number of hydrogen-bond acceptors (Lipinski definition) is 4. The van der Waals surface area contributed by atoms with E-state index < -0.39 is 55.3 Å². The SMILES string of the molecule is Cc1cc(N2CCC(c3cc(Cl)cc(Cl)c3)(C(F)(F)F)C2)ccc1C(=O)N[C@@H]1CON(CC(F)(F)F)C1=O. The highest BCUT2D eigenvalue weighted by atomic mass is 35.5. The Bertz CT molecular complexity index is 1240. The van der Waals surface area contributed by atoms with E-state index in [-0.39, 0.29) is 39.2 Å². The molecule has 6 nitrogen and oxygen atoms in total. The van der Waals surface area contributed by atoms with E-state index >= 15 is 0 Å². The van der Waals surface area contributed by atoms with Crippen LogP contribution >= 0.6 is 23.2 Å². The van der Waals surface area contributed by atoms with Crippen molar-refractivity contribution in [3.05, 3.63) is 63.1 Å². The average Bonchev–Trinajstić information content (AvgIpc) is 3.38.